The number of rotatable bonds is 4. The zero-order chi connectivity index (χ0) is 21.3. The van der Waals surface area contributed by atoms with Crippen LogP contribution in [0.2, 0.25) is 0 Å². The molecule has 0 radical (unpaired) electrons. The monoisotopic (exact) mass is 428 g/mol. The third kappa shape index (κ3) is 3.61. The van der Waals surface area contributed by atoms with Crippen LogP contribution >= 0.6 is 0 Å². The summed E-state index contributed by atoms with van der Waals surface area (Å²) in [6.45, 7) is 1.15. The van der Waals surface area contributed by atoms with E-state index in [0.717, 1.165) is 12.1 Å². The number of nitrogens with zero attached hydrogens (tertiary/aromatic N) is 2. The number of para-hydroxylation sites is 1. The molecule has 30 heavy (non-hydrogen) atoms. The summed E-state index contributed by atoms with van der Waals surface area (Å²) in [5.74, 6) is -0.836. The molecular formula is C22H24N2O5S. The van der Waals surface area contributed by atoms with Crippen molar-refractivity contribution in [3.8, 4) is 0 Å². The summed E-state index contributed by atoms with van der Waals surface area (Å²) in [5.41, 5.74) is 2.15. The highest BCUT2D eigenvalue weighted by atomic mass is 32.2. The maximum atomic E-state index is 13.1. The van der Waals surface area contributed by atoms with Gasteiger partial charge in [-0.2, -0.15) is 4.31 Å². The van der Waals surface area contributed by atoms with E-state index in [1.165, 1.54) is 29.1 Å². The Labute approximate surface area is 176 Å². The average Bonchev–Trinajstić information content (AvgIpc) is 3.22. The summed E-state index contributed by atoms with van der Waals surface area (Å²) in [6, 6.07) is 13.9. The van der Waals surface area contributed by atoms with Crippen LogP contribution in [0.3, 0.4) is 0 Å². The minimum atomic E-state index is -3.86. The van der Waals surface area contributed by atoms with Crippen LogP contribution in [0, 0.1) is 5.92 Å². The van der Waals surface area contributed by atoms with Crippen molar-refractivity contribution in [3.63, 3.8) is 0 Å². The summed E-state index contributed by atoms with van der Waals surface area (Å²) in [5, 5.41) is 0. The summed E-state index contributed by atoms with van der Waals surface area (Å²) >= 11 is 0. The summed E-state index contributed by atoms with van der Waals surface area (Å²) in [6.07, 6.45) is 1.76. The van der Waals surface area contributed by atoms with Crippen LogP contribution in [-0.4, -0.2) is 51.3 Å². The molecule has 1 saturated heterocycles. The molecule has 7 nitrogen and oxygen atoms in total. The Morgan fingerprint density at radius 2 is 1.63 bits per heavy atom. The van der Waals surface area contributed by atoms with Crippen molar-refractivity contribution in [3.05, 3.63) is 59.7 Å². The Bertz CT molecular complexity index is 1070. The minimum Gasteiger partial charge on any atom is -0.465 e. The van der Waals surface area contributed by atoms with E-state index in [-0.39, 0.29) is 35.4 Å². The molecule has 0 unspecified atom stereocenters. The van der Waals surface area contributed by atoms with Gasteiger partial charge in [-0.05, 0) is 43.0 Å². The quantitative estimate of drug-likeness (QED) is 0.699. The molecule has 0 aromatic heterocycles. The smallest absolute Gasteiger partial charge is 0.339 e. The third-order valence-corrected chi connectivity index (χ3v) is 7.82. The van der Waals surface area contributed by atoms with E-state index < -0.39 is 16.0 Å². The van der Waals surface area contributed by atoms with Crippen molar-refractivity contribution in [1.29, 1.82) is 0 Å². The Balaban J connectivity index is 1.48. The first-order valence-electron chi connectivity index (χ1n) is 10.00. The van der Waals surface area contributed by atoms with Gasteiger partial charge in [0.05, 0.1) is 17.6 Å². The fourth-order valence-electron chi connectivity index (χ4n) is 4.24. The van der Waals surface area contributed by atoms with Gasteiger partial charge in [0.15, 0.2) is 0 Å². The molecule has 158 valence electrons. The maximum Gasteiger partial charge on any atom is 0.339 e. The zero-order valence-corrected chi connectivity index (χ0v) is 17.6. The second-order valence-corrected chi connectivity index (χ2v) is 9.44. The second-order valence-electron chi connectivity index (χ2n) is 7.53. The molecule has 2 aromatic carbocycles. The Morgan fingerprint density at radius 3 is 2.37 bits per heavy atom. The lowest BCUT2D eigenvalue weighted by atomic mass is 9.96. The molecular weight excluding hydrogens is 404 g/mol. The summed E-state index contributed by atoms with van der Waals surface area (Å²) in [7, 11) is -2.64. The second kappa shape index (κ2) is 8.20. The fraction of sp³-hybridized carbons (Fsp3) is 0.364. The molecule has 2 aromatic rings. The fourth-order valence-corrected chi connectivity index (χ4v) is 5.89. The van der Waals surface area contributed by atoms with Crippen molar-refractivity contribution >= 4 is 27.6 Å². The molecule has 1 amide bonds. The van der Waals surface area contributed by atoms with E-state index in [4.69, 9.17) is 4.74 Å². The number of methoxy groups -OCH3 is 1. The van der Waals surface area contributed by atoms with Crippen LogP contribution in [-0.2, 0) is 26.0 Å². The van der Waals surface area contributed by atoms with E-state index in [1.807, 2.05) is 29.2 Å². The van der Waals surface area contributed by atoms with Crippen LogP contribution in [0.25, 0.3) is 0 Å². The van der Waals surface area contributed by atoms with Crippen molar-refractivity contribution in [1.82, 2.24) is 4.31 Å². The molecule has 0 N–H and O–H groups in total. The van der Waals surface area contributed by atoms with Crippen LogP contribution in [0.4, 0.5) is 5.69 Å². The number of carbonyl (C=O) groups excluding carboxylic acids is 2. The molecule has 0 spiro atoms. The Kier molecular flexibility index (Phi) is 5.62. The lowest BCUT2D eigenvalue weighted by Crippen LogP contribution is -2.44. The molecule has 2 heterocycles. The number of anilines is 1. The van der Waals surface area contributed by atoms with Crippen LogP contribution < -0.4 is 4.90 Å². The van der Waals surface area contributed by atoms with Crippen LogP contribution in [0.15, 0.2) is 53.4 Å². The van der Waals surface area contributed by atoms with Gasteiger partial charge in [-0.3, -0.25) is 4.79 Å². The largest absolute Gasteiger partial charge is 0.465 e. The van der Waals surface area contributed by atoms with E-state index >= 15 is 0 Å². The average molecular weight is 429 g/mol. The van der Waals surface area contributed by atoms with Gasteiger partial charge in [0.25, 0.3) is 0 Å². The number of benzene rings is 2. The molecule has 4 rings (SSSR count). The highest BCUT2D eigenvalue weighted by Crippen LogP contribution is 2.32. The maximum absolute atomic E-state index is 13.1. The number of carbonyl (C=O) groups is 2. The van der Waals surface area contributed by atoms with Crippen molar-refractivity contribution < 1.29 is 22.7 Å². The summed E-state index contributed by atoms with van der Waals surface area (Å²) < 4.78 is 32.4. The first-order chi connectivity index (χ1) is 14.4. The standard InChI is InChI=1S/C22H24N2O5S/c1-29-22(26)18-7-3-5-9-20(18)30(27,28)23-13-10-17(11-14-23)21(25)24-15-12-16-6-2-4-8-19(16)24/h2-9,17H,10-15H2,1H3. The molecule has 2 aliphatic heterocycles. The highest BCUT2D eigenvalue weighted by molar-refractivity contribution is 7.89. The lowest BCUT2D eigenvalue weighted by Gasteiger charge is -2.33. The van der Waals surface area contributed by atoms with Crippen molar-refractivity contribution in [2.24, 2.45) is 5.92 Å². The van der Waals surface area contributed by atoms with E-state index in [9.17, 15) is 18.0 Å². The first-order valence-corrected chi connectivity index (χ1v) is 11.4. The molecule has 2 aliphatic rings. The van der Waals surface area contributed by atoms with Gasteiger partial charge in [0.1, 0.15) is 0 Å². The minimum absolute atomic E-state index is 0.0203. The van der Waals surface area contributed by atoms with Gasteiger partial charge in [-0.1, -0.05) is 30.3 Å². The van der Waals surface area contributed by atoms with Crippen LogP contribution in [0.5, 0.6) is 0 Å². The van der Waals surface area contributed by atoms with Gasteiger partial charge in [0.2, 0.25) is 15.9 Å². The van der Waals surface area contributed by atoms with Gasteiger partial charge >= 0.3 is 5.97 Å². The number of amides is 1. The third-order valence-electron chi connectivity index (χ3n) is 5.87. The van der Waals surface area contributed by atoms with E-state index in [1.54, 1.807) is 12.1 Å². The number of sulfonamides is 1. The van der Waals surface area contributed by atoms with Crippen molar-refractivity contribution in [2.45, 2.75) is 24.2 Å². The summed E-state index contributed by atoms with van der Waals surface area (Å²) in [4.78, 5) is 26.8. The van der Waals surface area contributed by atoms with E-state index in [2.05, 4.69) is 0 Å². The number of esters is 1. The highest BCUT2D eigenvalue weighted by Gasteiger charge is 2.37. The van der Waals surface area contributed by atoms with Gasteiger partial charge in [-0.25, -0.2) is 13.2 Å². The normalized spacial score (nSPS) is 17.6. The zero-order valence-electron chi connectivity index (χ0n) is 16.8. The topological polar surface area (TPSA) is 84.0 Å². The van der Waals surface area contributed by atoms with E-state index in [0.29, 0.717) is 19.4 Å². The number of ether oxygens (including phenoxy) is 1. The number of hydrogen-bond donors (Lipinski definition) is 0. The Morgan fingerprint density at radius 1 is 0.967 bits per heavy atom. The van der Waals surface area contributed by atoms with Gasteiger partial charge < -0.3 is 9.64 Å². The Hall–Kier alpha value is -2.71. The van der Waals surface area contributed by atoms with Gasteiger partial charge in [-0.15, -0.1) is 0 Å². The van der Waals surface area contributed by atoms with Crippen LogP contribution in [0.1, 0.15) is 28.8 Å². The number of hydrogen-bond acceptors (Lipinski definition) is 5. The molecule has 1 fully saturated rings. The predicted molar refractivity (Wildman–Crippen MR) is 112 cm³/mol. The lowest BCUT2D eigenvalue weighted by molar-refractivity contribution is -0.123. The first kappa shape index (κ1) is 20.6. The molecule has 0 saturated carbocycles. The molecule has 0 aliphatic carbocycles. The molecule has 0 bridgehead atoms. The molecule has 0 atom stereocenters. The predicted octanol–water partition coefficient (Wildman–Crippen LogP) is 2.46. The van der Waals surface area contributed by atoms with Gasteiger partial charge in [0, 0.05) is 31.2 Å². The number of piperidine rings is 1. The SMILES string of the molecule is COC(=O)c1ccccc1S(=O)(=O)N1CCC(C(=O)N2CCc3ccccc32)CC1. The molecule has 8 heteroatoms. The number of fused-ring (bicyclic) bond motifs is 1. The van der Waals surface area contributed by atoms with Crippen molar-refractivity contribution in [2.75, 3.05) is 31.6 Å².